The fourth-order valence-corrected chi connectivity index (χ4v) is 1.94. The largest absolute Gasteiger partial charge is 0.309 e. The van der Waals surface area contributed by atoms with E-state index in [9.17, 15) is 0 Å². The predicted octanol–water partition coefficient (Wildman–Crippen LogP) is 1.08. The highest BCUT2D eigenvalue weighted by molar-refractivity contribution is 4.80. The van der Waals surface area contributed by atoms with Crippen LogP contribution in [0.4, 0.5) is 0 Å². The van der Waals surface area contributed by atoms with Crippen molar-refractivity contribution in [2.75, 3.05) is 19.6 Å². The zero-order chi connectivity index (χ0) is 8.27. The summed E-state index contributed by atoms with van der Waals surface area (Å²) in [6, 6.07) is 1.34. The lowest BCUT2D eigenvalue weighted by Gasteiger charge is -2.35. The summed E-state index contributed by atoms with van der Waals surface area (Å²) >= 11 is 0. The molecular weight excluding hydrogens is 136 g/mol. The van der Waals surface area contributed by atoms with Crippen molar-refractivity contribution in [3.63, 3.8) is 0 Å². The molecule has 0 bridgehead atoms. The van der Waals surface area contributed by atoms with Gasteiger partial charge in [0.05, 0.1) is 0 Å². The number of nitrogens with zero attached hydrogens (tertiary/aromatic N) is 1. The Kier molecular flexibility index (Phi) is 3.34. The number of piperazine rings is 1. The lowest BCUT2D eigenvalue weighted by Crippen LogP contribution is -2.54. The van der Waals surface area contributed by atoms with Crippen LogP contribution in [0.2, 0.25) is 0 Å². The fraction of sp³-hybridized carbons (Fsp3) is 1.00. The van der Waals surface area contributed by atoms with E-state index >= 15 is 0 Å². The molecule has 1 N–H and O–H groups in total. The van der Waals surface area contributed by atoms with E-state index in [0.29, 0.717) is 12.1 Å². The second-order valence-electron chi connectivity index (χ2n) is 3.73. The standard InChI is InChI=1S/C9H20N2/c1-4-5-11-6-8(2)10-9(3)7-11/h8-10H,4-7H2,1-3H3/t8-,9?/m1/s1. The molecule has 0 aromatic heterocycles. The van der Waals surface area contributed by atoms with Crippen molar-refractivity contribution in [3.05, 3.63) is 0 Å². The van der Waals surface area contributed by atoms with Gasteiger partial charge in [-0.15, -0.1) is 0 Å². The summed E-state index contributed by atoms with van der Waals surface area (Å²) in [6.45, 7) is 10.5. The van der Waals surface area contributed by atoms with Crippen molar-refractivity contribution < 1.29 is 0 Å². The van der Waals surface area contributed by atoms with E-state index in [2.05, 4.69) is 31.0 Å². The van der Waals surface area contributed by atoms with Gasteiger partial charge in [0, 0.05) is 25.2 Å². The third-order valence-electron chi connectivity index (χ3n) is 2.17. The summed E-state index contributed by atoms with van der Waals surface area (Å²) in [5.74, 6) is 0. The van der Waals surface area contributed by atoms with Crippen molar-refractivity contribution in [1.29, 1.82) is 0 Å². The first kappa shape index (κ1) is 9.01. The van der Waals surface area contributed by atoms with E-state index in [0.717, 1.165) is 0 Å². The SMILES string of the molecule is CCCN1CC(C)N[C@H](C)C1. The number of hydrogen-bond donors (Lipinski definition) is 1. The lowest BCUT2D eigenvalue weighted by atomic mass is 10.1. The monoisotopic (exact) mass is 156 g/mol. The highest BCUT2D eigenvalue weighted by Crippen LogP contribution is 2.03. The van der Waals surface area contributed by atoms with E-state index in [4.69, 9.17) is 0 Å². The van der Waals surface area contributed by atoms with Gasteiger partial charge in [0.15, 0.2) is 0 Å². The first-order chi connectivity index (χ1) is 5.22. The summed E-state index contributed by atoms with van der Waals surface area (Å²) in [5, 5.41) is 3.53. The zero-order valence-electron chi connectivity index (χ0n) is 7.93. The van der Waals surface area contributed by atoms with E-state index in [1.165, 1.54) is 26.1 Å². The quantitative estimate of drug-likeness (QED) is 0.643. The number of rotatable bonds is 2. The molecule has 0 amide bonds. The Morgan fingerprint density at radius 1 is 1.27 bits per heavy atom. The molecule has 1 aliphatic heterocycles. The molecule has 0 spiro atoms. The van der Waals surface area contributed by atoms with Crippen LogP contribution in [-0.4, -0.2) is 36.6 Å². The molecule has 1 aliphatic rings. The first-order valence-corrected chi connectivity index (χ1v) is 4.70. The van der Waals surface area contributed by atoms with Gasteiger partial charge in [-0.1, -0.05) is 6.92 Å². The molecule has 1 unspecified atom stereocenters. The minimum absolute atomic E-state index is 0.672. The Bertz CT molecular complexity index is 104. The molecule has 1 rings (SSSR count). The fourth-order valence-electron chi connectivity index (χ4n) is 1.94. The molecule has 2 nitrogen and oxygen atoms in total. The molecule has 11 heavy (non-hydrogen) atoms. The second-order valence-corrected chi connectivity index (χ2v) is 3.73. The van der Waals surface area contributed by atoms with Gasteiger partial charge in [-0.2, -0.15) is 0 Å². The van der Waals surface area contributed by atoms with E-state index < -0.39 is 0 Å². The Hall–Kier alpha value is -0.0800. The lowest BCUT2D eigenvalue weighted by molar-refractivity contribution is 0.174. The molecule has 1 saturated heterocycles. The molecule has 2 heteroatoms. The zero-order valence-corrected chi connectivity index (χ0v) is 7.93. The van der Waals surface area contributed by atoms with Gasteiger partial charge in [0.1, 0.15) is 0 Å². The van der Waals surface area contributed by atoms with Crippen LogP contribution in [0.3, 0.4) is 0 Å². The third kappa shape index (κ3) is 2.80. The summed E-state index contributed by atoms with van der Waals surface area (Å²) in [7, 11) is 0. The van der Waals surface area contributed by atoms with Crippen molar-refractivity contribution in [2.24, 2.45) is 0 Å². The van der Waals surface area contributed by atoms with Crippen LogP contribution in [0.15, 0.2) is 0 Å². The molecule has 1 fully saturated rings. The van der Waals surface area contributed by atoms with E-state index in [-0.39, 0.29) is 0 Å². The summed E-state index contributed by atoms with van der Waals surface area (Å²) in [4.78, 5) is 2.55. The van der Waals surface area contributed by atoms with Gasteiger partial charge in [0.25, 0.3) is 0 Å². The molecule has 1 heterocycles. The summed E-state index contributed by atoms with van der Waals surface area (Å²) in [5.41, 5.74) is 0. The molecule has 66 valence electrons. The van der Waals surface area contributed by atoms with Crippen molar-refractivity contribution in [1.82, 2.24) is 10.2 Å². The molecule has 2 atom stereocenters. The van der Waals surface area contributed by atoms with Crippen molar-refractivity contribution >= 4 is 0 Å². The highest BCUT2D eigenvalue weighted by atomic mass is 15.2. The van der Waals surface area contributed by atoms with Crippen LogP contribution in [0.25, 0.3) is 0 Å². The minimum Gasteiger partial charge on any atom is -0.309 e. The van der Waals surface area contributed by atoms with E-state index in [1.807, 2.05) is 0 Å². The molecule has 0 radical (unpaired) electrons. The minimum atomic E-state index is 0.672. The van der Waals surface area contributed by atoms with Gasteiger partial charge >= 0.3 is 0 Å². The Labute approximate surface area is 70.0 Å². The van der Waals surface area contributed by atoms with Gasteiger partial charge < -0.3 is 10.2 Å². The maximum atomic E-state index is 3.53. The van der Waals surface area contributed by atoms with E-state index in [1.54, 1.807) is 0 Å². The normalized spacial score (nSPS) is 34.1. The van der Waals surface area contributed by atoms with Crippen LogP contribution in [-0.2, 0) is 0 Å². The van der Waals surface area contributed by atoms with Crippen LogP contribution in [0.1, 0.15) is 27.2 Å². The number of hydrogen-bond acceptors (Lipinski definition) is 2. The van der Waals surface area contributed by atoms with Crippen molar-refractivity contribution in [3.8, 4) is 0 Å². The predicted molar refractivity (Wildman–Crippen MR) is 48.8 cm³/mol. The van der Waals surface area contributed by atoms with Crippen molar-refractivity contribution in [2.45, 2.75) is 39.3 Å². The summed E-state index contributed by atoms with van der Waals surface area (Å²) in [6.07, 6.45) is 1.28. The maximum Gasteiger partial charge on any atom is 0.0169 e. The Balaban J connectivity index is 2.30. The topological polar surface area (TPSA) is 15.3 Å². The van der Waals surface area contributed by atoms with Crippen LogP contribution >= 0.6 is 0 Å². The Morgan fingerprint density at radius 3 is 2.27 bits per heavy atom. The smallest absolute Gasteiger partial charge is 0.0169 e. The van der Waals surface area contributed by atoms with Gasteiger partial charge in [-0.05, 0) is 26.8 Å². The molecule has 0 saturated carbocycles. The van der Waals surface area contributed by atoms with Crippen LogP contribution in [0.5, 0.6) is 0 Å². The first-order valence-electron chi connectivity index (χ1n) is 4.70. The average molecular weight is 156 g/mol. The average Bonchev–Trinajstić information content (AvgIpc) is 1.85. The molecular formula is C9H20N2. The van der Waals surface area contributed by atoms with Gasteiger partial charge in [-0.25, -0.2) is 0 Å². The van der Waals surface area contributed by atoms with Crippen LogP contribution in [0, 0.1) is 0 Å². The molecule has 0 aromatic carbocycles. The Morgan fingerprint density at radius 2 is 1.82 bits per heavy atom. The number of nitrogens with one attached hydrogen (secondary N) is 1. The molecule has 0 aliphatic carbocycles. The second kappa shape index (κ2) is 4.07. The third-order valence-corrected chi connectivity index (χ3v) is 2.17. The highest BCUT2D eigenvalue weighted by Gasteiger charge is 2.19. The van der Waals surface area contributed by atoms with Crippen LogP contribution < -0.4 is 5.32 Å². The van der Waals surface area contributed by atoms with Gasteiger partial charge in [0.2, 0.25) is 0 Å². The molecule has 0 aromatic rings. The van der Waals surface area contributed by atoms with Gasteiger partial charge in [-0.3, -0.25) is 0 Å². The maximum absolute atomic E-state index is 3.53. The summed E-state index contributed by atoms with van der Waals surface area (Å²) < 4.78 is 0.